The van der Waals surface area contributed by atoms with Gasteiger partial charge in [0.2, 0.25) is 5.91 Å². The van der Waals surface area contributed by atoms with Gasteiger partial charge in [0.05, 0.1) is 17.4 Å². The highest BCUT2D eigenvalue weighted by molar-refractivity contribution is 8.00. The Kier molecular flexibility index (Phi) is 3.07. The standard InChI is InChI=1S/C10H11ClN2OS/c1-13(6-11)7-2-3-9-8(4-7)12-10(14)5-15-9/h2-4H,5-6H2,1H3,(H,12,14). The Balaban J connectivity index is 2.32. The molecule has 0 aromatic heterocycles. The molecule has 80 valence electrons. The van der Waals surface area contributed by atoms with Gasteiger partial charge in [0.15, 0.2) is 0 Å². The molecule has 0 radical (unpaired) electrons. The number of rotatable bonds is 2. The van der Waals surface area contributed by atoms with Crippen LogP contribution >= 0.6 is 23.4 Å². The molecule has 0 bridgehead atoms. The highest BCUT2D eigenvalue weighted by atomic mass is 35.5. The minimum atomic E-state index is 0.0539. The van der Waals surface area contributed by atoms with Crippen molar-refractivity contribution >= 4 is 40.6 Å². The molecule has 1 aliphatic heterocycles. The molecule has 0 spiro atoms. The Morgan fingerprint density at radius 2 is 2.40 bits per heavy atom. The molecule has 5 heteroatoms. The van der Waals surface area contributed by atoms with Crippen LogP contribution in [0.1, 0.15) is 0 Å². The maximum atomic E-state index is 11.2. The van der Waals surface area contributed by atoms with E-state index in [0.717, 1.165) is 16.3 Å². The fourth-order valence-electron chi connectivity index (χ4n) is 1.38. The monoisotopic (exact) mass is 242 g/mol. The first-order chi connectivity index (χ1) is 7.20. The molecule has 1 aromatic rings. The number of benzene rings is 1. The van der Waals surface area contributed by atoms with Crippen LogP contribution in [0.3, 0.4) is 0 Å². The van der Waals surface area contributed by atoms with E-state index in [4.69, 9.17) is 11.6 Å². The summed E-state index contributed by atoms with van der Waals surface area (Å²) in [4.78, 5) is 14.2. The van der Waals surface area contributed by atoms with Gasteiger partial charge >= 0.3 is 0 Å². The number of anilines is 2. The molecule has 1 aromatic carbocycles. The molecule has 1 N–H and O–H groups in total. The van der Waals surface area contributed by atoms with Crippen LogP contribution in [0.4, 0.5) is 11.4 Å². The summed E-state index contributed by atoms with van der Waals surface area (Å²) in [5, 5.41) is 2.85. The first-order valence-corrected chi connectivity index (χ1v) is 6.06. The molecule has 0 atom stereocenters. The zero-order valence-electron chi connectivity index (χ0n) is 8.29. The maximum absolute atomic E-state index is 11.2. The molecule has 15 heavy (non-hydrogen) atoms. The Morgan fingerprint density at radius 1 is 1.60 bits per heavy atom. The predicted octanol–water partition coefficient (Wildman–Crippen LogP) is 2.36. The van der Waals surface area contributed by atoms with Gasteiger partial charge in [0.1, 0.15) is 0 Å². The summed E-state index contributed by atoms with van der Waals surface area (Å²) in [5.74, 6) is 0.552. The second kappa shape index (κ2) is 4.33. The number of halogens is 1. The SMILES string of the molecule is CN(CCl)c1ccc2c(c1)NC(=O)CS2. The number of carbonyl (C=O) groups is 1. The van der Waals surface area contributed by atoms with Crippen molar-refractivity contribution in [3.8, 4) is 0 Å². The molecule has 2 rings (SSSR count). The largest absolute Gasteiger partial charge is 0.361 e. The van der Waals surface area contributed by atoms with E-state index in [1.165, 1.54) is 0 Å². The van der Waals surface area contributed by atoms with E-state index >= 15 is 0 Å². The molecule has 1 heterocycles. The number of hydrogen-bond donors (Lipinski definition) is 1. The van der Waals surface area contributed by atoms with Crippen LogP contribution < -0.4 is 10.2 Å². The maximum Gasteiger partial charge on any atom is 0.234 e. The van der Waals surface area contributed by atoms with Gasteiger partial charge in [-0.3, -0.25) is 4.79 Å². The minimum absolute atomic E-state index is 0.0539. The molecule has 0 unspecified atom stereocenters. The Labute approximate surface area is 97.8 Å². The summed E-state index contributed by atoms with van der Waals surface area (Å²) in [6.07, 6.45) is 0. The van der Waals surface area contributed by atoms with E-state index in [0.29, 0.717) is 11.8 Å². The Hall–Kier alpha value is -0.870. The zero-order chi connectivity index (χ0) is 10.8. The van der Waals surface area contributed by atoms with E-state index in [9.17, 15) is 4.79 Å². The van der Waals surface area contributed by atoms with Gasteiger partial charge in [-0.1, -0.05) is 0 Å². The van der Waals surface area contributed by atoms with Crippen LogP contribution in [0.2, 0.25) is 0 Å². The second-order valence-electron chi connectivity index (χ2n) is 3.33. The normalized spacial score (nSPS) is 14.4. The molecule has 0 aliphatic carbocycles. The van der Waals surface area contributed by atoms with Crippen molar-refractivity contribution in [1.82, 2.24) is 0 Å². The van der Waals surface area contributed by atoms with E-state index < -0.39 is 0 Å². The van der Waals surface area contributed by atoms with Crippen molar-refractivity contribution in [3.63, 3.8) is 0 Å². The van der Waals surface area contributed by atoms with Crippen molar-refractivity contribution in [1.29, 1.82) is 0 Å². The summed E-state index contributed by atoms with van der Waals surface area (Å²) >= 11 is 7.29. The van der Waals surface area contributed by atoms with Gasteiger partial charge in [-0.2, -0.15) is 0 Å². The number of carbonyl (C=O) groups excluding carboxylic acids is 1. The summed E-state index contributed by atoms with van der Waals surface area (Å²) in [5.41, 5.74) is 1.89. The molecule has 1 amide bonds. The first-order valence-electron chi connectivity index (χ1n) is 4.54. The molecule has 1 aliphatic rings. The quantitative estimate of drug-likeness (QED) is 0.638. The fourth-order valence-corrected chi connectivity index (χ4v) is 2.30. The molecule has 0 fully saturated rings. The summed E-state index contributed by atoms with van der Waals surface area (Å²) in [6, 6.07) is 6.39. The Morgan fingerprint density at radius 3 is 3.13 bits per heavy atom. The topological polar surface area (TPSA) is 32.3 Å². The van der Waals surface area contributed by atoms with E-state index in [1.54, 1.807) is 11.8 Å². The average molecular weight is 243 g/mol. The molecule has 0 saturated carbocycles. The lowest BCUT2D eigenvalue weighted by Gasteiger charge is -2.21. The zero-order valence-corrected chi connectivity index (χ0v) is 9.86. The van der Waals surface area contributed by atoms with E-state index in [-0.39, 0.29) is 5.91 Å². The van der Waals surface area contributed by atoms with Gasteiger partial charge < -0.3 is 10.2 Å². The predicted molar refractivity (Wildman–Crippen MR) is 64.9 cm³/mol. The molecule has 0 saturated heterocycles. The number of alkyl halides is 1. The summed E-state index contributed by atoms with van der Waals surface area (Å²) < 4.78 is 0. The number of thioether (sulfide) groups is 1. The van der Waals surface area contributed by atoms with Crippen LogP contribution in [0.15, 0.2) is 23.1 Å². The third kappa shape index (κ3) is 2.21. The van der Waals surface area contributed by atoms with Crippen molar-refractivity contribution in [2.75, 3.05) is 29.0 Å². The Bertz CT molecular complexity index is 397. The number of amides is 1. The third-order valence-corrected chi connectivity index (χ3v) is 3.65. The minimum Gasteiger partial charge on any atom is -0.361 e. The van der Waals surface area contributed by atoms with Crippen LogP contribution in [-0.4, -0.2) is 24.7 Å². The first kappa shape index (κ1) is 10.6. The van der Waals surface area contributed by atoms with Crippen molar-refractivity contribution in [2.24, 2.45) is 0 Å². The van der Waals surface area contributed by atoms with Crippen LogP contribution in [0.25, 0.3) is 0 Å². The summed E-state index contributed by atoms with van der Waals surface area (Å²) in [6.45, 7) is 0. The number of nitrogens with one attached hydrogen (secondary N) is 1. The van der Waals surface area contributed by atoms with Gasteiger partial charge in [-0.15, -0.1) is 23.4 Å². The lowest BCUT2D eigenvalue weighted by molar-refractivity contribution is -0.113. The third-order valence-electron chi connectivity index (χ3n) is 2.22. The lowest BCUT2D eigenvalue weighted by atomic mass is 10.2. The van der Waals surface area contributed by atoms with Crippen molar-refractivity contribution in [3.05, 3.63) is 18.2 Å². The molecular weight excluding hydrogens is 232 g/mol. The van der Waals surface area contributed by atoms with Crippen LogP contribution in [0.5, 0.6) is 0 Å². The van der Waals surface area contributed by atoms with Gasteiger partial charge in [0, 0.05) is 17.6 Å². The van der Waals surface area contributed by atoms with Gasteiger partial charge in [0.25, 0.3) is 0 Å². The van der Waals surface area contributed by atoms with Crippen molar-refractivity contribution < 1.29 is 4.79 Å². The number of nitrogens with zero attached hydrogens (tertiary/aromatic N) is 1. The number of hydrogen-bond acceptors (Lipinski definition) is 3. The molecular formula is C10H11ClN2OS. The van der Waals surface area contributed by atoms with Crippen LogP contribution in [-0.2, 0) is 4.79 Å². The lowest BCUT2D eigenvalue weighted by Crippen LogP contribution is -2.20. The van der Waals surface area contributed by atoms with E-state index in [1.807, 2.05) is 30.1 Å². The highest BCUT2D eigenvalue weighted by Crippen LogP contribution is 2.34. The smallest absolute Gasteiger partial charge is 0.234 e. The van der Waals surface area contributed by atoms with Gasteiger partial charge in [-0.25, -0.2) is 0 Å². The van der Waals surface area contributed by atoms with Gasteiger partial charge in [-0.05, 0) is 18.2 Å². The van der Waals surface area contributed by atoms with E-state index in [2.05, 4.69) is 5.32 Å². The average Bonchev–Trinajstić information content (AvgIpc) is 2.27. The fraction of sp³-hybridized carbons (Fsp3) is 0.300. The van der Waals surface area contributed by atoms with Crippen molar-refractivity contribution in [2.45, 2.75) is 4.90 Å². The molecule has 3 nitrogen and oxygen atoms in total. The summed E-state index contributed by atoms with van der Waals surface area (Å²) in [7, 11) is 1.91. The van der Waals surface area contributed by atoms with Crippen LogP contribution in [0, 0.1) is 0 Å². The number of fused-ring (bicyclic) bond motifs is 1. The second-order valence-corrected chi connectivity index (χ2v) is 4.59. The highest BCUT2D eigenvalue weighted by Gasteiger charge is 2.15.